The van der Waals surface area contributed by atoms with Crippen LogP contribution in [0.4, 0.5) is 0 Å². The minimum atomic E-state index is -0.161. The van der Waals surface area contributed by atoms with E-state index >= 15 is 0 Å². The molecule has 1 unspecified atom stereocenters. The molecule has 19 heavy (non-hydrogen) atoms. The first-order valence-corrected chi connectivity index (χ1v) is 6.77. The van der Waals surface area contributed by atoms with Crippen LogP contribution in [0.15, 0.2) is 18.2 Å². The summed E-state index contributed by atoms with van der Waals surface area (Å²) in [5, 5.41) is 3.15. The fourth-order valence-electron chi connectivity index (χ4n) is 2.10. The average molecular weight is 263 g/mol. The van der Waals surface area contributed by atoms with Crippen LogP contribution in [0.5, 0.6) is 5.75 Å². The lowest BCUT2D eigenvalue weighted by Gasteiger charge is -2.23. The molecule has 1 N–H and O–H groups in total. The second kappa shape index (κ2) is 6.20. The van der Waals surface area contributed by atoms with E-state index in [1.807, 2.05) is 32.0 Å². The van der Waals surface area contributed by atoms with Crippen LogP contribution >= 0.6 is 0 Å². The van der Waals surface area contributed by atoms with E-state index in [9.17, 15) is 4.79 Å². The summed E-state index contributed by atoms with van der Waals surface area (Å²) in [6, 6.07) is 5.51. The maximum absolute atomic E-state index is 12.3. The Labute approximate surface area is 116 Å². The van der Waals surface area contributed by atoms with E-state index in [-0.39, 0.29) is 17.2 Å². The first kappa shape index (κ1) is 15.7. The number of Topliss-reactive ketones (excluding diaryl/α,β-unsaturated/α-hetero) is 1. The van der Waals surface area contributed by atoms with Crippen LogP contribution in [-0.2, 0) is 5.41 Å². The lowest BCUT2D eigenvalue weighted by atomic mass is 9.84. The molecule has 0 heterocycles. The molecule has 0 fully saturated rings. The van der Waals surface area contributed by atoms with E-state index < -0.39 is 0 Å². The van der Waals surface area contributed by atoms with Gasteiger partial charge in [0.2, 0.25) is 0 Å². The second-order valence-corrected chi connectivity index (χ2v) is 5.81. The van der Waals surface area contributed by atoms with Gasteiger partial charge < -0.3 is 10.1 Å². The number of carbonyl (C=O) groups excluding carboxylic acids is 1. The van der Waals surface area contributed by atoms with Crippen molar-refractivity contribution in [2.24, 2.45) is 0 Å². The molecule has 0 saturated heterocycles. The minimum Gasteiger partial charge on any atom is -0.496 e. The van der Waals surface area contributed by atoms with Crippen molar-refractivity contribution in [1.82, 2.24) is 5.32 Å². The fraction of sp³-hybridized carbons (Fsp3) is 0.562. The number of nitrogens with one attached hydrogen (secondary N) is 1. The van der Waals surface area contributed by atoms with Crippen molar-refractivity contribution in [1.29, 1.82) is 0 Å². The standard InChI is InChI=1S/C16H25NO2/c1-7-17-11(2)15(18)12-8-9-14(19-6)13(10-12)16(3,4)5/h8-11,17H,7H2,1-6H3. The predicted molar refractivity (Wildman–Crippen MR) is 79.2 cm³/mol. The van der Waals surface area contributed by atoms with Crippen LogP contribution in [-0.4, -0.2) is 25.5 Å². The fourth-order valence-corrected chi connectivity index (χ4v) is 2.10. The predicted octanol–water partition coefficient (Wildman–Crippen LogP) is 3.17. The van der Waals surface area contributed by atoms with E-state index in [4.69, 9.17) is 4.74 Å². The lowest BCUT2D eigenvalue weighted by Crippen LogP contribution is -2.33. The van der Waals surface area contributed by atoms with Crippen LogP contribution in [0.1, 0.15) is 50.5 Å². The molecule has 1 aromatic carbocycles. The van der Waals surface area contributed by atoms with Gasteiger partial charge >= 0.3 is 0 Å². The average Bonchev–Trinajstić information content (AvgIpc) is 2.36. The van der Waals surface area contributed by atoms with Crippen molar-refractivity contribution < 1.29 is 9.53 Å². The zero-order valence-electron chi connectivity index (χ0n) is 12.8. The van der Waals surface area contributed by atoms with Crippen LogP contribution in [0.2, 0.25) is 0 Å². The van der Waals surface area contributed by atoms with Gasteiger partial charge in [-0.2, -0.15) is 0 Å². The Morgan fingerprint density at radius 3 is 2.47 bits per heavy atom. The highest BCUT2D eigenvalue weighted by atomic mass is 16.5. The molecule has 1 rings (SSSR count). The minimum absolute atomic E-state index is 0.0525. The Morgan fingerprint density at radius 1 is 1.37 bits per heavy atom. The molecule has 0 spiro atoms. The molecule has 0 bridgehead atoms. The second-order valence-electron chi connectivity index (χ2n) is 5.81. The van der Waals surface area contributed by atoms with E-state index in [0.717, 1.165) is 23.4 Å². The van der Waals surface area contributed by atoms with Gasteiger partial charge in [-0.3, -0.25) is 4.79 Å². The topological polar surface area (TPSA) is 38.3 Å². The zero-order valence-corrected chi connectivity index (χ0v) is 12.8. The first-order valence-electron chi connectivity index (χ1n) is 6.77. The Balaban J connectivity index is 3.15. The monoisotopic (exact) mass is 263 g/mol. The van der Waals surface area contributed by atoms with Crippen molar-refractivity contribution in [3.05, 3.63) is 29.3 Å². The Morgan fingerprint density at radius 2 is 2.00 bits per heavy atom. The van der Waals surface area contributed by atoms with Crippen LogP contribution in [0.25, 0.3) is 0 Å². The summed E-state index contributed by atoms with van der Waals surface area (Å²) in [4.78, 5) is 12.3. The van der Waals surface area contributed by atoms with Gasteiger partial charge in [-0.15, -0.1) is 0 Å². The number of benzene rings is 1. The van der Waals surface area contributed by atoms with Gasteiger partial charge in [0.15, 0.2) is 5.78 Å². The van der Waals surface area contributed by atoms with Gasteiger partial charge in [0, 0.05) is 11.1 Å². The van der Waals surface area contributed by atoms with Gasteiger partial charge in [0.1, 0.15) is 5.75 Å². The van der Waals surface area contributed by atoms with Gasteiger partial charge in [0.05, 0.1) is 13.2 Å². The summed E-state index contributed by atoms with van der Waals surface area (Å²) in [7, 11) is 1.66. The molecular weight excluding hydrogens is 238 g/mol. The number of hydrogen-bond acceptors (Lipinski definition) is 3. The first-order chi connectivity index (χ1) is 8.81. The van der Waals surface area contributed by atoms with E-state index in [2.05, 4.69) is 26.1 Å². The zero-order chi connectivity index (χ0) is 14.6. The largest absolute Gasteiger partial charge is 0.496 e. The molecule has 3 nitrogen and oxygen atoms in total. The molecule has 0 aliphatic heterocycles. The number of hydrogen-bond donors (Lipinski definition) is 1. The van der Waals surface area contributed by atoms with Crippen LogP contribution in [0.3, 0.4) is 0 Å². The maximum Gasteiger partial charge on any atom is 0.179 e. The summed E-state index contributed by atoms with van der Waals surface area (Å²) < 4.78 is 5.39. The Bertz CT molecular complexity index is 447. The summed E-state index contributed by atoms with van der Waals surface area (Å²) >= 11 is 0. The molecular formula is C16H25NO2. The van der Waals surface area contributed by atoms with Crippen molar-refractivity contribution in [2.45, 2.75) is 46.1 Å². The van der Waals surface area contributed by atoms with Crippen LogP contribution < -0.4 is 10.1 Å². The number of methoxy groups -OCH3 is 1. The third-order valence-electron chi connectivity index (χ3n) is 3.20. The van der Waals surface area contributed by atoms with E-state index in [1.165, 1.54) is 0 Å². The van der Waals surface area contributed by atoms with Crippen LogP contribution in [0, 0.1) is 0 Å². The number of carbonyl (C=O) groups is 1. The molecule has 0 saturated carbocycles. The van der Waals surface area contributed by atoms with Gasteiger partial charge in [0.25, 0.3) is 0 Å². The summed E-state index contributed by atoms with van der Waals surface area (Å²) in [5.74, 6) is 0.954. The molecule has 0 radical (unpaired) electrons. The highest BCUT2D eigenvalue weighted by Crippen LogP contribution is 2.32. The number of likely N-dealkylation sites (N-methyl/N-ethyl adjacent to an activating group) is 1. The van der Waals surface area contributed by atoms with Gasteiger partial charge in [-0.05, 0) is 37.1 Å². The Kier molecular flexibility index (Phi) is 5.12. The maximum atomic E-state index is 12.3. The van der Waals surface area contributed by atoms with Gasteiger partial charge in [-0.1, -0.05) is 27.7 Å². The number of rotatable bonds is 5. The van der Waals surface area contributed by atoms with Crippen molar-refractivity contribution in [3.8, 4) is 5.75 Å². The molecule has 1 atom stereocenters. The highest BCUT2D eigenvalue weighted by molar-refractivity contribution is 6.00. The van der Waals surface area contributed by atoms with Crippen molar-refractivity contribution in [2.75, 3.05) is 13.7 Å². The smallest absolute Gasteiger partial charge is 0.179 e. The quantitative estimate of drug-likeness (QED) is 0.829. The summed E-state index contributed by atoms with van der Waals surface area (Å²) in [5.41, 5.74) is 1.74. The molecule has 1 aromatic rings. The molecule has 106 valence electrons. The summed E-state index contributed by atoms with van der Waals surface area (Å²) in [6.45, 7) is 11.0. The molecule has 0 amide bonds. The SMILES string of the molecule is CCNC(C)C(=O)c1ccc(OC)c(C(C)(C)C)c1. The summed E-state index contributed by atoms with van der Waals surface area (Å²) in [6.07, 6.45) is 0. The molecule has 0 aromatic heterocycles. The van der Waals surface area contributed by atoms with E-state index in [1.54, 1.807) is 7.11 Å². The van der Waals surface area contributed by atoms with E-state index in [0.29, 0.717) is 0 Å². The third-order valence-corrected chi connectivity index (χ3v) is 3.20. The van der Waals surface area contributed by atoms with Crippen molar-refractivity contribution in [3.63, 3.8) is 0 Å². The number of ether oxygens (including phenoxy) is 1. The lowest BCUT2D eigenvalue weighted by molar-refractivity contribution is 0.0952. The molecule has 3 heteroatoms. The Hall–Kier alpha value is -1.35. The molecule has 0 aliphatic rings. The molecule has 0 aliphatic carbocycles. The van der Waals surface area contributed by atoms with Crippen molar-refractivity contribution >= 4 is 5.78 Å². The number of ketones is 1. The highest BCUT2D eigenvalue weighted by Gasteiger charge is 2.22. The van der Waals surface area contributed by atoms with Gasteiger partial charge in [-0.25, -0.2) is 0 Å². The normalized spacial score (nSPS) is 13.2. The third kappa shape index (κ3) is 3.80.